The second kappa shape index (κ2) is 3.54. The molecule has 3 heteroatoms. The number of benzene rings is 1. The van der Waals surface area contributed by atoms with Crippen molar-refractivity contribution in [3.8, 4) is 11.3 Å². The molecule has 0 aliphatic rings. The Labute approximate surface area is 81.5 Å². The number of aromatic nitrogens is 2. The molecule has 1 heterocycles. The van der Waals surface area contributed by atoms with Gasteiger partial charge in [-0.15, -0.1) is 0 Å². The molecular weight excluding hydrogens is 179 g/mol. The normalized spacial score (nSPS) is 10.1. The minimum Gasteiger partial charge on any atom is -0.261 e. The van der Waals surface area contributed by atoms with Gasteiger partial charge in [-0.3, -0.25) is 9.97 Å². The average Bonchev–Trinajstić information content (AvgIpc) is 2.18. The van der Waals surface area contributed by atoms with E-state index in [1.165, 1.54) is 12.1 Å². The van der Waals surface area contributed by atoms with Crippen LogP contribution in [0.4, 0.5) is 4.39 Å². The number of aryl methyl sites for hydroxylation is 1. The number of rotatable bonds is 1. The van der Waals surface area contributed by atoms with Crippen LogP contribution in [-0.2, 0) is 0 Å². The van der Waals surface area contributed by atoms with Gasteiger partial charge in [0.15, 0.2) is 0 Å². The summed E-state index contributed by atoms with van der Waals surface area (Å²) in [6.45, 7) is 1.85. The molecule has 0 unspecified atom stereocenters. The minimum atomic E-state index is -0.245. The summed E-state index contributed by atoms with van der Waals surface area (Å²) in [5.41, 5.74) is 2.33. The predicted molar refractivity (Wildman–Crippen MR) is 52.2 cm³/mol. The molecule has 0 bridgehead atoms. The summed E-state index contributed by atoms with van der Waals surface area (Å²) in [5.74, 6) is -0.245. The van der Waals surface area contributed by atoms with Crippen LogP contribution in [0.5, 0.6) is 0 Å². The molecule has 0 aliphatic carbocycles. The number of nitrogens with zero attached hydrogens (tertiary/aromatic N) is 2. The van der Waals surface area contributed by atoms with Crippen molar-refractivity contribution < 1.29 is 4.39 Å². The lowest BCUT2D eigenvalue weighted by Gasteiger charge is -2.01. The second-order valence-corrected chi connectivity index (χ2v) is 3.11. The number of hydrogen-bond donors (Lipinski definition) is 0. The molecule has 0 saturated carbocycles. The maximum absolute atomic E-state index is 13.1. The van der Waals surface area contributed by atoms with Crippen molar-refractivity contribution in [1.82, 2.24) is 9.97 Å². The van der Waals surface area contributed by atoms with Gasteiger partial charge in [0.25, 0.3) is 0 Å². The lowest BCUT2D eigenvalue weighted by molar-refractivity contribution is 0.627. The van der Waals surface area contributed by atoms with Crippen LogP contribution in [0.25, 0.3) is 11.3 Å². The van der Waals surface area contributed by atoms with Crippen molar-refractivity contribution in [3.63, 3.8) is 0 Å². The molecule has 1 aromatic heterocycles. The molecule has 2 rings (SSSR count). The number of halogens is 1. The van der Waals surface area contributed by atoms with Crippen LogP contribution in [0.2, 0.25) is 0 Å². The first-order valence-electron chi connectivity index (χ1n) is 4.29. The van der Waals surface area contributed by atoms with Crippen LogP contribution in [0.15, 0.2) is 36.8 Å². The van der Waals surface area contributed by atoms with Gasteiger partial charge in [-0.05, 0) is 30.7 Å². The first kappa shape index (κ1) is 8.81. The Bertz CT molecular complexity index is 420. The summed E-state index contributed by atoms with van der Waals surface area (Å²) in [4.78, 5) is 8.04. The van der Waals surface area contributed by atoms with E-state index in [0.717, 1.165) is 11.1 Å². The lowest BCUT2D eigenvalue weighted by Crippen LogP contribution is -1.86. The quantitative estimate of drug-likeness (QED) is 0.687. The fourth-order valence-electron chi connectivity index (χ4n) is 1.33. The zero-order chi connectivity index (χ0) is 9.97. The maximum Gasteiger partial charge on any atom is 0.124 e. The van der Waals surface area contributed by atoms with Gasteiger partial charge >= 0.3 is 0 Å². The van der Waals surface area contributed by atoms with Crippen molar-refractivity contribution in [2.75, 3.05) is 0 Å². The molecule has 0 saturated heterocycles. The molecule has 0 aliphatic heterocycles. The van der Waals surface area contributed by atoms with Crippen LogP contribution in [-0.4, -0.2) is 9.97 Å². The molecule has 0 spiro atoms. The van der Waals surface area contributed by atoms with Crippen molar-refractivity contribution in [2.45, 2.75) is 6.92 Å². The topological polar surface area (TPSA) is 25.8 Å². The molecule has 0 atom stereocenters. The van der Waals surface area contributed by atoms with E-state index in [2.05, 4.69) is 9.97 Å². The lowest BCUT2D eigenvalue weighted by atomic mass is 10.1. The van der Waals surface area contributed by atoms with Gasteiger partial charge in [0, 0.05) is 18.0 Å². The van der Waals surface area contributed by atoms with E-state index in [0.29, 0.717) is 5.69 Å². The molecule has 2 aromatic rings. The summed E-state index contributed by atoms with van der Waals surface area (Å²) in [6, 6.07) is 4.82. The molecule has 70 valence electrons. The highest BCUT2D eigenvalue weighted by molar-refractivity contribution is 5.58. The second-order valence-electron chi connectivity index (χ2n) is 3.11. The van der Waals surface area contributed by atoms with Crippen LogP contribution in [0, 0.1) is 12.7 Å². The highest BCUT2D eigenvalue weighted by Crippen LogP contribution is 2.18. The first-order chi connectivity index (χ1) is 6.75. The largest absolute Gasteiger partial charge is 0.261 e. The van der Waals surface area contributed by atoms with E-state index in [1.54, 1.807) is 18.6 Å². The van der Waals surface area contributed by atoms with Crippen LogP contribution >= 0.6 is 0 Å². The van der Waals surface area contributed by atoms with E-state index in [-0.39, 0.29) is 5.82 Å². The molecular formula is C11H9FN2. The summed E-state index contributed by atoms with van der Waals surface area (Å²) in [5, 5.41) is 0. The zero-order valence-electron chi connectivity index (χ0n) is 7.74. The Morgan fingerprint density at radius 2 is 2.00 bits per heavy atom. The molecule has 0 N–H and O–H groups in total. The monoisotopic (exact) mass is 188 g/mol. The predicted octanol–water partition coefficient (Wildman–Crippen LogP) is 2.59. The van der Waals surface area contributed by atoms with Crippen molar-refractivity contribution >= 4 is 0 Å². The van der Waals surface area contributed by atoms with Crippen molar-refractivity contribution in [3.05, 3.63) is 48.2 Å². The Kier molecular flexibility index (Phi) is 2.23. The van der Waals surface area contributed by atoms with Gasteiger partial charge in [0.05, 0.1) is 11.9 Å². The molecule has 0 radical (unpaired) electrons. The average molecular weight is 188 g/mol. The summed E-state index contributed by atoms with van der Waals surface area (Å²) >= 11 is 0. The minimum absolute atomic E-state index is 0.245. The maximum atomic E-state index is 13.1. The Morgan fingerprint density at radius 1 is 1.14 bits per heavy atom. The van der Waals surface area contributed by atoms with Gasteiger partial charge < -0.3 is 0 Å². The molecule has 1 aromatic carbocycles. The third kappa shape index (κ3) is 1.76. The first-order valence-corrected chi connectivity index (χ1v) is 4.29. The summed E-state index contributed by atoms with van der Waals surface area (Å²) in [6.07, 6.45) is 4.80. The van der Waals surface area contributed by atoms with Gasteiger partial charge in [-0.2, -0.15) is 0 Å². The van der Waals surface area contributed by atoms with Gasteiger partial charge in [-0.25, -0.2) is 4.39 Å². The van der Waals surface area contributed by atoms with Gasteiger partial charge in [-0.1, -0.05) is 0 Å². The Balaban J connectivity index is 2.52. The van der Waals surface area contributed by atoms with Crippen molar-refractivity contribution in [2.24, 2.45) is 0 Å². The van der Waals surface area contributed by atoms with E-state index >= 15 is 0 Å². The summed E-state index contributed by atoms with van der Waals surface area (Å²) in [7, 11) is 0. The molecule has 0 fully saturated rings. The van der Waals surface area contributed by atoms with Crippen LogP contribution in [0.3, 0.4) is 0 Å². The fraction of sp³-hybridized carbons (Fsp3) is 0.0909. The van der Waals surface area contributed by atoms with Gasteiger partial charge in [0.2, 0.25) is 0 Å². The Hall–Kier alpha value is -1.77. The van der Waals surface area contributed by atoms with E-state index in [9.17, 15) is 4.39 Å². The standard InChI is InChI=1S/C11H9FN2/c1-8-4-9(6-10(12)5-8)11-7-13-2-3-14-11/h2-7H,1H3. The molecule has 0 amide bonds. The van der Waals surface area contributed by atoms with Crippen molar-refractivity contribution in [1.29, 1.82) is 0 Å². The number of hydrogen-bond acceptors (Lipinski definition) is 2. The van der Waals surface area contributed by atoms with Crippen LogP contribution in [0.1, 0.15) is 5.56 Å². The third-order valence-corrected chi connectivity index (χ3v) is 1.90. The highest BCUT2D eigenvalue weighted by atomic mass is 19.1. The molecule has 14 heavy (non-hydrogen) atoms. The summed E-state index contributed by atoms with van der Waals surface area (Å²) < 4.78 is 13.1. The Morgan fingerprint density at radius 3 is 2.64 bits per heavy atom. The van der Waals surface area contributed by atoms with E-state index in [4.69, 9.17) is 0 Å². The SMILES string of the molecule is Cc1cc(F)cc(-c2cnccn2)c1. The van der Waals surface area contributed by atoms with E-state index < -0.39 is 0 Å². The highest BCUT2D eigenvalue weighted by Gasteiger charge is 2.01. The molecule has 2 nitrogen and oxygen atoms in total. The fourth-order valence-corrected chi connectivity index (χ4v) is 1.33. The smallest absolute Gasteiger partial charge is 0.124 e. The third-order valence-electron chi connectivity index (χ3n) is 1.90. The van der Waals surface area contributed by atoms with Crippen LogP contribution < -0.4 is 0 Å². The van der Waals surface area contributed by atoms with E-state index in [1.807, 2.05) is 13.0 Å². The van der Waals surface area contributed by atoms with Gasteiger partial charge in [0.1, 0.15) is 5.82 Å². The zero-order valence-corrected chi connectivity index (χ0v) is 7.74.